The Kier molecular flexibility index (Phi) is 2.22. The molecule has 0 unspecified atom stereocenters. The largest absolute Gasteiger partial charge is 0.274 e. The van der Waals surface area contributed by atoms with Crippen molar-refractivity contribution in [3.05, 3.63) is 41.8 Å². The molecular formula is C11H8FN3. The SMILES string of the molecule is Cn1cc(C#N)c(-c2ccc(F)cc2)n1. The molecule has 74 valence electrons. The molecule has 0 N–H and O–H groups in total. The highest BCUT2D eigenvalue weighted by Gasteiger charge is 2.09. The van der Waals surface area contributed by atoms with Crippen LogP contribution in [-0.4, -0.2) is 9.78 Å². The van der Waals surface area contributed by atoms with Crippen molar-refractivity contribution in [3.63, 3.8) is 0 Å². The minimum absolute atomic E-state index is 0.298. The summed E-state index contributed by atoms with van der Waals surface area (Å²) in [4.78, 5) is 0. The van der Waals surface area contributed by atoms with E-state index in [4.69, 9.17) is 5.26 Å². The topological polar surface area (TPSA) is 41.6 Å². The zero-order chi connectivity index (χ0) is 10.8. The van der Waals surface area contributed by atoms with Crippen molar-refractivity contribution >= 4 is 0 Å². The lowest BCUT2D eigenvalue weighted by molar-refractivity contribution is 0.628. The predicted molar refractivity (Wildman–Crippen MR) is 53.3 cm³/mol. The lowest BCUT2D eigenvalue weighted by Crippen LogP contribution is -1.87. The molecule has 0 bridgehead atoms. The molecule has 1 aromatic carbocycles. The second-order valence-electron chi connectivity index (χ2n) is 3.18. The van der Waals surface area contributed by atoms with Gasteiger partial charge in [-0.3, -0.25) is 4.68 Å². The molecule has 0 aliphatic rings. The molecule has 15 heavy (non-hydrogen) atoms. The molecule has 1 aromatic heterocycles. The van der Waals surface area contributed by atoms with Gasteiger partial charge in [0.15, 0.2) is 0 Å². The Hall–Kier alpha value is -2.15. The highest BCUT2D eigenvalue weighted by Crippen LogP contribution is 2.21. The fourth-order valence-corrected chi connectivity index (χ4v) is 1.39. The standard InChI is InChI=1S/C11H8FN3/c1-15-7-9(6-13)11(14-15)8-2-4-10(12)5-3-8/h2-5,7H,1H3. The third-order valence-electron chi connectivity index (χ3n) is 2.07. The first-order valence-corrected chi connectivity index (χ1v) is 4.40. The molecule has 0 fully saturated rings. The molecule has 0 aliphatic heterocycles. The molecule has 0 amide bonds. The number of aryl methyl sites for hydroxylation is 1. The summed E-state index contributed by atoms with van der Waals surface area (Å²) in [7, 11) is 1.74. The van der Waals surface area contributed by atoms with Gasteiger partial charge in [-0.25, -0.2) is 4.39 Å². The predicted octanol–water partition coefficient (Wildman–Crippen LogP) is 2.10. The van der Waals surface area contributed by atoms with E-state index in [-0.39, 0.29) is 5.82 Å². The van der Waals surface area contributed by atoms with Gasteiger partial charge in [0.05, 0.1) is 5.56 Å². The molecule has 4 heteroatoms. The van der Waals surface area contributed by atoms with E-state index in [0.717, 1.165) is 5.56 Å². The maximum Gasteiger partial charge on any atom is 0.123 e. The van der Waals surface area contributed by atoms with Gasteiger partial charge in [0.25, 0.3) is 0 Å². The molecule has 2 aromatic rings. The van der Waals surface area contributed by atoms with E-state index >= 15 is 0 Å². The first kappa shape index (κ1) is 9.41. The van der Waals surface area contributed by atoms with Crippen LogP contribution in [0.15, 0.2) is 30.5 Å². The third kappa shape index (κ3) is 1.72. The fourth-order valence-electron chi connectivity index (χ4n) is 1.39. The van der Waals surface area contributed by atoms with Gasteiger partial charge in [0, 0.05) is 18.8 Å². The molecule has 2 rings (SSSR count). The van der Waals surface area contributed by atoms with Crippen LogP contribution in [0.3, 0.4) is 0 Å². The van der Waals surface area contributed by atoms with E-state index in [2.05, 4.69) is 11.2 Å². The normalized spacial score (nSPS) is 9.93. The fraction of sp³-hybridized carbons (Fsp3) is 0.0909. The zero-order valence-corrected chi connectivity index (χ0v) is 8.11. The average Bonchev–Trinajstić information content (AvgIpc) is 2.61. The van der Waals surface area contributed by atoms with E-state index in [0.29, 0.717) is 11.3 Å². The number of nitriles is 1. The molecule has 0 spiro atoms. The van der Waals surface area contributed by atoms with Crippen LogP contribution in [0.25, 0.3) is 11.3 Å². The van der Waals surface area contributed by atoms with Crippen LogP contribution in [0.4, 0.5) is 4.39 Å². The molecule has 0 aliphatic carbocycles. The van der Waals surface area contributed by atoms with Crippen molar-refractivity contribution in [2.75, 3.05) is 0 Å². The van der Waals surface area contributed by atoms with Crippen molar-refractivity contribution in [1.82, 2.24) is 9.78 Å². The number of benzene rings is 1. The summed E-state index contributed by atoms with van der Waals surface area (Å²) < 4.78 is 14.3. The highest BCUT2D eigenvalue weighted by atomic mass is 19.1. The molecule has 1 heterocycles. The van der Waals surface area contributed by atoms with Crippen LogP contribution in [0.1, 0.15) is 5.56 Å². The maximum atomic E-state index is 12.7. The first-order chi connectivity index (χ1) is 7.20. The van der Waals surface area contributed by atoms with E-state index < -0.39 is 0 Å². The monoisotopic (exact) mass is 201 g/mol. The van der Waals surface area contributed by atoms with Gasteiger partial charge < -0.3 is 0 Å². The summed E-state index contributed by atoms with van der Waals surface area (Å²) in [6, 6.07) is 7.98. The summed E-state index contributed by atoms with van der Waals surface area (Å²) in [5, 5.41) is 13.0. The number of rotatable bonds is 1. The smallest absolute Gasteiger partial charge is 0.123 e. The van der Waals surface area contributed by atoms with Crippen LogP contribution in [0.5, 0.6) is 0 Å². The van der Waals surface area contributed by atoms with Gasteiger partial charge in [-0.15, -0.1) is 0 Å². The second-order valence-corrected chi connectivity index (χ2v) is 3.18. The number of hydrogen-bond donors (Lipinski definition) is 0. The maximum absolute atomic E-state index is 12.7. The minimum atomic E-state index is -0.298. The lowest BCUT2D eigenvalue weighted by atomic mass is 10.1. The quantitative estimate of drug-likeness (QED) is 0.709. The third-order valence-corrected chi connectivity index (χ3v) is 2.07. The zero-order valence-electron chi connectivity index (χ0n) is 8.11. The first-order valence-electron chi connectivity index (χ1n) is 4.40. The number of nitrogens with zero attached hydrogens (tertiary/aromatic N) is 3. The van der Waals surface area contributed by atoms with Crippen molar-refractivity contribution < 1.29 is 4.39 Å². The van der Waals surface area contributed by atoms with Crippen LogP contribution in [0.2, 0.25) is 0 Å². The molecule has 0 radical (unpaired) electrons. The Morgan fingerprint density at radius 1 is 1.33 bits per heavy atom. The minimum Gasteiger partial charge on any atom is -0.274 e. The van der Waals surface area contributed by atoms with Crippen molar-refractivity contribution in [2.45, 2.75) is 0 Å². The number of hydrogen-bond acceptors (Lipinski definition) is 2. The molecule has 0 saturated carbocycles. The second kappa shape index (κ2) is 3.54. The van der Waals surface area contributed by atoms with Gasteiger partial charge in [-0.1, -0.05) is 0 Å². The van der Waals surface area contributed by atoms with Crippen molar-refractivity contribution in [3.8, 4) is 17.3 Å². The summed E-state index contributed by atoms with van der Waals surface area (Å²) in [5.41, 5.74) is 1.82. The van der Waals surface area contributed by atoms with Gasteiger partial charge in [-0.05, 0) is 24.3 Å². The van der Waals surface area contributed by atoms with Crippen LogP contribution in [-0.2, 0) is 7.05 Å². The van der Waals surface area contributed by atoms with Gasteiger partial charge >= 0.3 is 0 Å². The highest BCUT2D eigenvalue weighted by molar-refractivity contribution is 5.65. The van der Waals surface area contributed by atoms with Crippen LogP contribution in [0, 0.1) is 17.1 Å². The van der Waals surface area contributed by atoms with Gasteiger partial charge in [0.2, 0.25) is 0 Å². The van der Waals surface area contributed by atoms with Crippen molar-refractivity contribution in [1.29, 1.82) is 5.26 Å². The van der Waals surface area contributed by atoms with Gasteiger partial charge in [-0.2, -0.15) is 10.4 Å². The number of aromatic nitrogens is 2. The van der Waals surface area contributed by atoms with E-state index in [9.17, 15) is 4.39 Å². The Labute approximate surface area is 86.4 Å². The molecule has 0 saturated heterocycles. The Morgan fingerprint density at radius 2 is 2.00 bits per heavy atom. The molecular weight excluding hydrogens is 193 g/mol. The van der Waals surface area contributed by atoms with Crippen molar-refractivity contribution in [2.24, 2.45) is 7.05 Å². The summed E-state index contributed by atoms with van der Waals surface area (Å²) in [6.07, 6.45) is 1.64. The van der Waals surface area contributed by atoms with Crippen LogP contribution >= 0.6 is 0 Å². The molecule has 3 nitrogen and oxygen atoms in total. The summed E-state index contributed by atoms with van der Waals surface area (Å²) >= 11 is 0. The number of halogens is 1. The lowest BCUT2D eigenvalue weighted by Gasteiger charge is -1.96. The van der Waals surface area contributed by atoms with E-state index in [1.165, 1.54) is 12.1 Å². The van der Waals surface area contributed by atoms with Gasteiger partial charge in [0.1, 0.15) is 17.6 Å². The Bertz CT molecular complexity index is 520. The summed E-state index contributed by atoms with van der Waals surface area (Å²) in [5.74, 6) is -0.298. The average molecular weight is 201 g/mol. The van der Waals surface area contributed by atoms with E-state index in [1.807, 2.05) is 0 Å². The summed E-state index contributed by atoms with van der Waals surface area (Å²) in [6.45, 7) is 0. The Morgan fingerprint density at radius 3 is 2.60 bits per heavy atom. The molecule has 0 atom stereocenters. The Balaban J connectivity index is 2.54. The van der Waals surface area contributed by atoms with E-state index in [1.54, 1.807) is 30.1 Å². The van der Waals surface area contributed by atoms with Crippen LogP contribution < -0.4 is 0 Å².